The van der Waals surface area contributed by atoms with Crippen molar-refractivity contribution in [2.75, 3.05) is 0 Å². The normalized spacial score (nSPS) is 26.3. The standard InChI is InChI=1S/C16H22ClNO3S/c1-9-5-4-6-12(10(9)2)18-15(19)11(3)21-16(20)13-7-8-14(17)22-13/h7-12H,4-6H2,1-3H3,(H,18,19)/t9-,10-,11-,12+/m1/s1. The van der Waals surface area contributed by atoms with Gasteiger partial charge in [0.15, 0.2) is 6.10 Å². The highest BCUT2D eigenvalue weighted by Crippen LogP contribution is 2.29. The molecule has 1 aliphatic carbocycles. The molecule has 2 rings (SSSR count). The molecule has 0 aromatic carbocycles. The van der Waals surface area contributed by atoms with E-state index in [1.807, 2.05) is 0 Å². The third-order valence-corrected chi connectivity index (χ3v) is 5.67. The highest BCUT2D eigenvalue weighted by molar-refractivity contribution is 7.17. The lowest BCUT2D eigenvalue weighted by atomic mass is 9.78. The minimum absolute atomic E-state index is 0.161. The Kier molecular flexibility index (Phi) is 5.87. The molecule has 1 saturated carbocycles. The second-order valence-electron chi connectivity index (χ2n) is 6.03. The second kappa shape index (κ2) is 7.47. The fraction of sp³-hybridized carbons (Fsp3) is 0.625. The summed E-state index contributed by atoms with van der Waals surface area (Å²) in [5.74, 6) is 0.299. The first-order valence-electron chi connectivity index (χ1n) is 7.65. The molecule has 0 spiro atoms. The summed E-state index contributed by atoms with van der Waals surface area (Å²) in [5, 5.41) is 3.02. The Labute approximate surface area is 140 Å². The molecule has 4 atom stereocenters. The molecule has 1 N–H and O–H groups in total. The van der Waals surface area contributed by atoms with Crippen molar-refractivity contribution in [1.29, 1.82) is 0 Å². The molecule has 0 saturated heterocycles. The molecular weight excluding hydrogens is 322 g/mol. The van der Waals surface area contributed by atoms with Crippen LogP contribution in [0.3, 0.4) is 0 Å². The Balaban J connectivity index is 1.88. The highest BCUT2D eigenvalue weighted by Gasteiger charge is 2.30. The maximum Gasteiger partial charge on any atom is 0.349 e. The van der Waals surface area contributed by atoms with Gasteiger partial charge in [-0.2, -0.15) is 0 Å². The van der Waals surface area contributed by atoms with Crippen LogP contribution in [-0.4, -0.2) is 24.0 Å². The molecule has 4 nitrogen and oxygen atoms in total. The van der Waals surface area contributed by atoms with E-state index in [9.17, 15) is 9.59 Å². The quantitative estimate of drug-likeness (QED) is 0.844. The van der Waals surface area contributed by atoms with E-state index in [4.69, 9.17) is 16.3 Å². The topological polar surface area (TPSA) is 55.4 Å². The smallest absolute Gasteiger partial charge is 0.349 e. The van der Waals surface area contributed by atoms with Crippen molar-refractivity contribution >= 4 is 34.8 Å². The Morgan fingerprint density at radius 1 is 1.36 bits per heavy atom. The maximum absolute atomic E-state index is 12.2. The first-order chi connectivity index (χ1) is 10.4. The van der Waals surface area contributed by atoms with Gasteiger partial charge in [-0.15, -0.1) is 11.3 Å². The molecule has 22 heavy (non-hydrogen) atoms. The summed E-state index contributed by atoms with van der Waals surface area (Å²) in [5.41, 5.74) is 0. The van der Waals surface area contributed by atoms with Crippen molar-refractivity contribution < 1.29 is 14.3 Å². The number of carbonyl (C=O) groups is 2. The Hall–Kier alpha value is -1.07. The molecule has 1 amide bonds. The van der Waals surface area contributed by atoms with Gasteiger partial charge >= 0.3 is 5.97 Å². The van der Waals surface area contributed by atoms with Gasteiger partial charge in [0, 0.05) is 6.04 Å². The summed E-state index contributed by atoms with van der Waals surface area (Å²) in [6.45, 7) is 5.98. The van der Waals surface area contributed by atoms with E-state index < -0.39 is 12.1 Å². The van der Waals surface area contributed by atoms with Gasteiger partial charge in [0.1, 0.15) is 4.88 Å². The molecule has 0 radical (unpaired) electrons. The summed E-state index contributed by atoms with van der Waals surface area (Å²) < 4.78 is 5.74. The average Bonchev–Trinajstić information content (AvgIpc) is 2.90. The summed E-state index contributed by atoms with van der Waals surface area (Å²) in [7, 11) is 0. The number of rotatable bonds is 4. The van der Waals surface area contributed by atoms with Gasteiger partial charge in [-0.3, -0.25) is 4.79 Å². The average molecular weight is 344 g/mol. The summed E-state index contributed by atoms with van der Waals surface area (Å²) in [6, 6.07) is 3.40. The zero-order chi connectivity index (χ0) is 16.3. The minimum atomic E-state index is -0.808. The Morgan fingerprint density at radius 3 is 2.73 bits per heavy atom. The van der Waals surface area contributed by atoms with Gasteiger partial charge < -0.3 is 10.1 Å². The third kappa shape index (κ3) is 4.23. The third-order valence-electron chi connectivity index (χ3n) is 4.46. The molecule has 1 aliphatic rings. The van der Waals surface area contributed by atoms with Gasteiger partial charge in [0.2, 0.25) is 0 Å². The molecule has 122 valence electrons. The molecule has 1 aromatic rings. The van der Waals surface area contributed by atoms with E-state index in [-0.39, 0.29) is 11.9 Å². The van der Waals surface area contributed by atoms with Crippen LogP contribution in [-0.2, 0) is 9.53 Å². The van der Waals surface area contributed by atoms with Crippen molar-refractivity contribution in [1.82, 2.24) is 5.32 Å². The van der Waals surface area contributed by atoms with Gasteiger partial charge in [-0.1, -0.05) is 38.3 Å². The van der Waals surface area contributed by atoms with Crippen LogP contribution in [0, 0.1) is 11.8 Å². The van der Waals surface area contributed by atoms with Crippen LogP contribution in [0.15, 0.2) is 12.1 Å². The van der Waals surface area contributed by atoms with E-state index in [0.717, 1.165) is 24.2 Å². The first-order valence-corrected chi connectivity index (χ1v) is 8.84. The predicted molar refractivity (Wildman–Crippen MR) is 88.3 cm³/mol. The van der Waals surface area contributed by atoms with E-state index in [1.54, 1.807) is 19.1 Å². The van der Waals surface area contributed by atoms with E-state index in [2.05, 4.69) is 19.2 Å². The van der Waals surface area contributed by atoms with E-state index >= 15 is 0 Å². The van der Waals surface area contributed by atoms with Gasteiger partial charge in [0.25, 0.3) is 5.91 Å². The highest BCUT2D eigenvalue weighted by atomic mass is 35.5. The van der Waals surface area contributed by atoms with Gasteiger partial charge in [-0.05, 0) is 37.3 Å². The van der Waals surface area contributed by atoms with Crippen LogP contribution in [0.4, 0.5) is 0 Å². The van der Waals surface area contributed by atoms with Gasteiger partial charge in [0.05, 0.1) is 4.34 Å². The summed E-state index contributed by atoms with van der Waals surface area (Å²) in [6.07, 6.45) is 2.51. The number of hydrogen-bond donors (Lipinski definition) is 1. The van der Waals surface area contributed by atoms with Crippen LogP contribution in [0.25, 0.3) is 0 Å². The number of thiophene rings is 1. The van der Waals surface area contributed by atoms with Gasteiger partial charge in [-0.25, -0.2) is 4.79 Å². The lowest BCUT2D eigenvalue weighted by Crippen LogP contribution is -2.47. The van der Waals surface area contributed by atoms with Crippen molar-refractivity contribution in [3.05, 3.63) is 21.3 Å². The van der Waals surface area contributed by atoms with E-state index in [0.29, 0.717) is 21.0 Å². The number of ether oxygens (including phenoxy) is 1. The number of halogens is 1. The number of carbonyl (C=O) groups excluding carboxylic acids is 2. The number of esters is 1. The molecule has 6 heteroatoms. The molecule has 0 unspecified atom stereocenters. The first kappa shape index (κ1) is 17.3. The SMILES string of the molecule is C[C@@H]1[C@H](C)CCC[C@@H]1NC(=O)[C@@H](C)OC(=O)c1ccc(Cl)s1. The van der Waals surface area contributed by atoms with Crippen LogP contribution < -0.4 is 5.32 Å². The molecular formula is C16H22ClNO3S. The molecule has 0 aliphatic heterocycles. The fourth-order valence-corrected chi connectivity index (χ4v) is 3.71. The van der Waals surface area contributed by atoms with Crippen molar-refractivity contribution in [2.45, 2.75) is 52.2 Å². The van der Waals surface area contributed by atoms with Crippen molar-refractivity contribution in [2.24, 2.45) is 11.8 Å². The zero-order valence-corrected chi connectivity index (χ0v) is 14.7. The minimum Gasteiger partial charge on any atom is -0.448 e. The van der Waals surface area contributed by atoms with Crippen molar-refractivity contribution in [3.8, 4) is 0 Å². The van der Waals surface area contributed by atoms with Crippen LogP contribution in [0.1, 0.15) is 49.7 Å². The Morgan fingerprint density at radius 2 is 2.09 bits per heavy atom. The lowest BCUT2D eigenvalue weighted by molar-refractivity contribution is -0.130. The van der Waals surface area contributed by atoms with Crippen LogP contribution in [0.5, 0.6) is 0 Å². The molecule has 0 bridgehead atoms. The number of nitrogens with one attached hydrogen (secondary N) is 1. The fourth-order valence-electron chi connectivity index (χ4n) is 2.78. The van der Waals surface area contributed by atoms with Crippen LogP contribution in [0.2, 0.25) is 4.34 Å². The lowest BCUT2D eigenvalue weighted by Gasteiger charge is -2.35. The maximum atomic E-state index is 12.2. The van der Waals surface area contributed by atoms with Crippen LogP contribution >= 0.6 is 22.9 Å². The largest absolute Gasteiger partial charge is 0.448 e. The Bertz CT molecular complexity index is 545. The second-order valence-corrected chi connectivity index (χ2v) is 7.75. The number of amides is 1. The molecule has 1 fully saturated rings. The zero-order valence-electron chi connectivity index (χ0n) is 13.1. The summed E-state index contributed by atoms with van der Waals surface area (Å²) >= 11 is 6.94. The monoisotopic (exact) mass is 343 g/mol. The summed E-state index contributed by atoms with van der Waals surface area (Å²) in [4.78, 5) is 24.6. The predicted octanol–water partition coefficient (Wildman–Crippen LogP) is 3.89. The number of hydrogen-bond acceptors (Lipinski definition) is 4. The molecule has 1 aromatic heterocycles. The van der Waals surface area contributed by atoms with Crippen molar-refractivity contribution in [3.63, 3.8) is 0 Å². The molecule has 1 heterocycles. The van der Waals surface area contributed by atoms with E-state index in [1.165, 1.54) is 6.42 Å².